The zero-order chi connectivity index (χ0) is 33.5. The molecule has 0 aliphatic carbocycles. The van der Waals surface area contributed by atoms with Crippen molar-refractivity contribution in [1.29, 1.82) is 0 Å². The molecule has 11 aromatic rings. The minimum absolute atomic E-state index is 0.670. The van der Waals surface area contributed by atoms with Crippen molar-refractivity contribution in [3.05, 3.63) is 164 Å². The predicted octanol–water partition coefficient (Wildman–Crippen LogP) is 12.4. The lowest BCUT2D eigenvalue weighted by molar-refractivity contribution is 0.666. The Morgan fingerprint density at radius 2 is 1.02 bits per heavy atom. The summed E-state index contributed by atoms with van der Waals surface area (Å²) in [6.07, 6.45) is 0. The van der Waals surface area contributed by atoms with Crippen LogP contribution in [0.15, 0.2) is 173 Å². The van der Waals surface area contributed by atoms with Crippen LogP contribution in [-0.2, 0) is 0 Å². The molecule has 0 unspecified atom stereocenters. The molecule has 0 fully saturated rings. The molecule has 0 atom stereocenters. The lowest BCUT2D eigenvalue weighted by Gasteiger charge is -2.09. The molecule has 0 aliphatic heterocycles. The zero-order valence-electron chi connectivity index (χ0n) is 27.2. The van der Waals surface area contributed by atoms with Gasteiger partial charge in [0, 0.05) is 38.1 Å². The molecule has 0 N–H and O–H groups in total. The predicted molar refractivity (Wildman–Crippen MR) is 207 cm³/mol. The SMILES string of the molecule is c1ccc(-c2nc(-c3ccccc3)c3oc4ccc(-c5ccc6c(c5)c5ccccc5n6-c5cccc6c5oc5ccccc56)cc4c3n2)cc1. The van der Waals surface area contributed by atoms with Crippen LogP contribution in [0.5, 0.6) is 0 Å². The molecule has 0 saturated heterocycles. The number of hydrogen-bond acceptors (Lipinski definition) is 4. The molecule has 0 aliphatic rings. The van der Waals surface area contributed by atoms with Gasteiger partial charge in [0.25, 0.3) is 0 Å². The molecule has 0 radical (unpaired) electrons. The summed E-state index contributed by atoms with van der Waals surface area (Å²) in [7, 11) is 0. The van der Waals surface area contributed by atoms with Gasteiger partial charge in [-0.1, -0.05) is 121 Å². The van der Waals surface area contributed by atoms with Crippen LogP contribution in [0.1, 0.15) is 0 Å². The smallest absolute Gasteiger partial charge is 0.180 e. The van der Waals surface area contributed by atoms with Crippen LogP contribution in [-0.4, -0.2) is 14.5 Å². The molecule has 7 aromatic carbocycles. The van der Waals surface area contributed by atoms with Crippen LogP contribution in [0.4, 0.5) is 0 Å². The van der Waals surface area contributed by atoms with Gasteiger partial charge in [-0.25, -0.2) is 9.97 Å². The Balaban J connectivity index is 1.12. The highest BCUT2D eigenvalue weighted by molar-refractivity contribution is 6.14. The normalized spacial score (nSPS) is 11.9. The van der Waals surface area contributed by atoms with E-state index in [0.29, 0.717) is 11.4 Å². The third-order valence-corrected chi connectivity index (χ3v) is 10.0. The third kappa shape index (κ3) is 4.22. The van der Waals surface area contributed by atoms with Crippen molar-refractivity contribution in [2.75, 3.05) is 0 Å². The molecule has 0 bridgehead atoms. The molecule has 51 heavy (non-hydrogen) atoms. The summed E-state index contributed by atoms with van der Waals surface area (Å²) in [4.78, 5) is 10.1. The zero-order valence-corrected chi connectivity index (χ0v) is 27.2. The van der Waals surface area contributed by atoms with E-state index in [9.17, 15) is 0 Å². The highest BCUT2D eigenvalue weighted by Gasteiger charge is 2.20. The van der Waals surface area contributed by atoms with Crippen molar-refractivity contribution in [2.45, 2.75) is 0 Å². The standard InChI is InChI=1S/C46H27N3O2/c1-3-12-28(13-4-1)42-45-43(48-46(47-42)29-14-5-2-6-15-29)36-27-31(23-25-41(36)51-45)30-22-24-38-35(26-30)32-16-7-9-19-37(32)49(38)39-20-11-18-34-33-17-8-10-21-40(33)50-44(34)39/h1-27H. The fourth-order valence-electron chi connectivity index (χ4n) is 7.65. The van der Waals surface area contributed by atoms with E-state index in [4.69, 9.17) is 18.8 Å². The van der Waals surface area contributed by atoms with E-state index in [2.05, 4.69) is 108 Å². The minimum atomic E-state index is 0.670. The summed E-state index contributed by atoms with van der Waals surface area (Å²) in [6.45, 7) is 0. The third-order valence-electron chi connectivity index (χ3n) is 10.0. The van der Waals surface area contributed by atoms with Crippen molar-refractivity contribution in [2.24, 2.45) is 0 Å². The Bertz CT molecular complexity index is 3130. The number of furan rings is 2. The first-order valence-electron chi connectivity index (χ1n) is 17.1. The van der Waals surface area contributed by atoms with E-state index in [1.807, 2.05) is 60.7 Å². The molecule has 11 rings (SSSR count). The van der Waals surface area contributed by atoms with Crippen molar-refractivity contribution in [1.82, 2.24) is 14.5 Å². The summed E-state index contributed by atoms with van der Waals surface area (Å²) in [5, 5.41) is 5.55. The number of para-hydroxylation sites is 3. The molecule has 0 saturated carbocycles. The quantitative estimate of drug-likeness (QED) is 0.190. The molecule has 238 valence electrons. The molecule has 4 heterocycles. The van der Waals surface area contributed by atoms with Gasteiger partial charge < -0.3 is 13.4 Å². The molecule has 5 heteroatoms. The number of nitrogens with zero attached hydrogens (tertiary/aromatic N) is 3. The van der Waals surface area contributed by atoms with Gasteiger partial charge in [0.1, 0.15) is 22.4 Å². The van der Waals surface area contributed by atoms with E-state index in [0.717, 1.165) is 83.1 Å². The van der Waals surface area contributed by atoms with Crippen molar-refractivity contribution >= 4 is 65.8 Å². The second-order valence-corrected chi connectivity index (χ2v) is 13.0. The van der Waals surface area contributed by atoms with Gasteiger partial charge in [0.05, 0.1) is 16.7 Å². The van der Waals surface area contributed by atoms with E-state index in [1.54, 1.807) is 0 Å². The van der Waals surface area contributed by atoms with Crippen molar-refractivity contribution in [3.8, 4) is 39.5 Å². The minimum Gasteiger partial charge on any atom is -0.454 e. The maximum Gasteiger partial charge on any atom is 0.180 e. The van der Waals surface area contributed by atoms with Gasteiger partial charge in [0.2, 0.25) is 0 Å². The highest BCUT2D eigenvalue weighted by Crippen LogP contribution is 2.41. The van der Waals surface area contributed by atoms with E-state index < -0.39 is 0 Å². The first-order valence-corrected chi connectivity index (χ1v) is 17.1. The molecule has 5 nitrogen and oxygen atoms in total. The maximum atomic E-state index is 6.52. The van der Waals surface area contributed by atoms with Crippen LogP contribution in [0.25, 0.3) is 105 Å². The average Bonchev–Trinajstić information content (AvgIpc) is 3.87. The Kier molecular flexibility index (Phi) is 5.89. The molecule has 0 amide bonds. The topological polar surface area (TPSA) is 57.0 Å². The molecule has 0 spiro atoms. The van der Waals surface area contributed by atoms with Gasteiger partial charge in [-0.2, -0.15) is 0 Å². The monoisotopic (exact) mass is 653 g/mol. The first kappa shape index (κ1) is 27.9. The fourth-order valence-corrected chi connectivity index (χ4v) is 7.65. The lowest BCUT2D eigenvalue weighted by atomic mass is 10.0. The van der Waals surface area contributed by atoms with Crippen LogP contribution >= 0.6 is 0 Å². The first-order chi connectivity index (χ1) is 25.3. The Labute approximate surface area is 291 Å². The number of hydrogen-bond donors (Lipinski definition) is 0. The summed E-state index contributed by atoms with van der Waals surface area (Å²) in [6, 6.07) is 56.7. The van der Waals surface area contributed by atoms with E-state index in [-0.39, 0.29) is 0 Å². The fraction of sp³-hybridized carbons (Fsp3) is 0. The van der Waals surface area contributed by atoms with Gasteiger partial charge in [-0.15, -0.1) is 0 Å². The number of rotatable bonds is 4. The largest absolute Gasteiger partial charge is 0.454 e. The molecular formula is C46H27N3O2. The summed E-state index contributed by atoms with van der Waals surface area (Å²) >= 11 is 0. The molecular weight excluding hydrogens is 627 g/mol. The molecule has 4 aromatic heterocycles. The average molecular weight is 654 g/mol. The van der Waals surface area contributed by atoms with Crippen LogP contribution in [0.2, 0.25) is 0 Å². The van der Waals surface area contributed by atoms with Gasteiger partial charge in [0.15, 0.2) is 17.0 Å². The van der Waals surface area contributed by atoms with Gasteiger partial charge in [-0.05, 0) is 53.6 Å². The van der Waals surface area contributed by atoms with Crippen LogP contribution in [0, 0.1) is 0 Å². The second kappa shape index (κ2) is 10.8. The van der Waals surface area contributed by atoms with Crippen molar-refractivity contribution < 1.29 is 8.83 Å². The Hall–Kier alpha value is -6.98. The summed E-state index contributed by atoms with van der Waals surface area (Å²) in [5.41, 5.74) is 12.3. The highest BCUT2D eigenvalue weighted by atomic mass is 16.3. The van der Waals surface area contributed by atoms with Gasteiger partial charge >= 0.3 is 0 Å². The van der Waals surface area contributed by atoms with Gasteiger partial charge in [-0.3, -0.25) is 0 Å². The van der Waals surface area contributed by atoms with Crippen molar-refractivity contribution in [3.63, 3.8) is 0 Å². The van der Waals surface area contributed by atoms with E-state index in [1.165, 1.54) is 10.8 Å². The number of benzene rings is 7. The van der Waals surface area contributed by atoms with Crippen LogP contribution in [0.3, 0.4) is 0 Å². The number of aromatic nitrogens is 3. The summed E-state index contributed by atoms with van der Waals surface area (Å²) < 4.78 is 15.4. The Morgan fingerprint density at radius 1 is 0.392 bits per heavy atom. The van der Waals surface area contributed by atoms with Crippen LogP contribution < -0.4 is 0 Å². The lowest BCUT2D eigenvalue weighted by Crippen LogP contribution is -1.94. The number of fused-ring (bicyclic) bond motifs is 9. The van der Waals surface area contributed by atoms with E-state index >= 15 is 0 Å². The Morgan fingerprint density at radius 3 is 1.86 bits per heavy atom. The maximum absolute atomic E-state index is 6.52. The second-order valence-electron chi connectivity index (χ2n) is 13.0. The summed E-state index contributed by atoms with van der Waals surface area (Å²) in [5.74, 6) is 0.670.